The van der Waals surface area contributed by atoms with Crippen molar-refractivity contribution in [3.8, 4) is 0 Å². The Labute approximate surface area is 148 Å². The number of benzene rings is 1. The first-order valence-corrected chi connectivity index (χ1v) is 7.88. The van der Waals surface area contributed by atoms with Gasteiger partial charge < -0.3 is 0 Å². The normalized spacial score (nSPS) is 10.8. The summed E-state index contributed by atoms with van der Waals surface area (Å²) in [7, 11) is 0. The Hall–Kier alpha value is -2.38. The number of hydrogen-bond acceptors (Lipinski definition) is 4. The van der Waals surface area contributed by atoms with Crippen molar-refractivity contribution in [2.24, 2.45) is 0 Å². The lowest BCUT2D eigenvalue weighted by atomic mass is 10.2. The monoisotopic (exact) mass is 364 g/mol. The maximum Gasteiger partial charge on any atom is 0.248 e. The first-order chi connectivity index (χ1) is 11.5. The molecule has 0 fully saturated rings. The van der Waals surface area contributed by atoms with Crippen molar-refractivity contribution < 1.29 is 4.79 Å². The molecular formula is C15H14Cl2N6O. The van der Waals surface area contributed by atoms with Crippen LogP contribution in [-0.4, -0.2) is 30.5 Å². The topological polar surface area (TPSA) is 77.6 Å². The second kappa shape index (κ2) is 7.02. The molecule has 0 aliphatic heterocycles. The molecule has 0 saturated carbocycles. The molecule has 9 heteroatoms. The van der Waals surface area contributed by atoms with Crippen molar-refractivity contribution in [3.63, 3.8) is 0 Å². The number of nitrogens with one attached hydrogen (secondary N) is 1. The smallest absolute Gasteiger partial charge is 0.248 e. The Morgan fingerprint density at radius 1 is 1.25 bits per heavy atom. The van der Waals surface area contributed by atoms with Gasteiger partial charge in [-0.25, -0.2) is 9.67 Å². The first kappa shape index (κ1) is 16.5. The maximum absolute atomic E-state index is 12.0. The van der Waals surface area contributed by atoms with Gasteiger partial charge in [0.05, 0.1) is 12.7 Å². The summed E-state index contributed by atoms with van der Waals surface area (Å²) in [4.78, 5) is 16.0. The average Bonchev–Trinajstić information content (AvgIpc) is 3.12. The maximum atomic E-state index is 12.0. The van der Waals surface area contributed by atoms with Crippen molar-refractivity contribution in [1.29, 1.82) is 0 Å². The highest BCUT2D eigenvalue weighted by Crippen LogP contribution is 2.24. The van der Waals surface area contributed by atoms with E-state index in [-0.39, 0.29) is 18.4 Å². The number of carbonyl (C=O) groups is 1. The molecule has 3 rings (SSSR count). The van der Waals surface area contributed by atoms with Crippen molar-refractivity contribution in [2.45, 2.75) is 20.0 Å². The molecule has 124 valence electrons. The molecule has 1 aromatic carbocycles. The van der Waals surface area contributed by atoms with E-state index in [2.05, 4.69) is 20.5 Å². The van der Waals surface area contributed by atoms with Gasteiger partial charge in [0.25, 0.3) is 0 Å². The molecule has 2 heterocycles. The highest BCUT2D eigenvalue weighted by Gasteiger charge is 2.10. The Morgan fingerprint density at radius 3 is 2.67 bits per heavy atom. The number of amides is 1. The van der Waals surface area contributed by atoms with E-state index in [0.717, 1.165) is 11.1 Å². The second-order valence-electron chi connectivity index (χ2n) is 5.23. The van der Waals surface area contributed by atoms with Crippen LogP contribution in [0.2, 0.25) is 10.0 Å². The van der Waals surface area contributed by atoms with Crippen LogP contribution in [0.25, 0.3) is 0 Å². The van der Waals surface area contributed by atoms with Crippen molar-refractivity contribution in [1.82, 2.24) is 24.5 Å². The summed E-state index contributed by atoms with van der Waals surface area (Å²) in [6.07, 6.45) is 4.98. The van der Waals surface area contributed by atoms with Crippen LogP contribution >= 0.6 is 23.2 Å². The molecule has 0 spiro atoms. The Balaban J connectivity index is 1.64. The number of rotatable bonds is 5. The van der Waals surface area contributed by atoms with Gasteiger partial charge in [0.2, 0.25) is 11.9 Å². The molecule has 1 N–H and O–H groups in total. The number of aryl methyl sites for hydroxylation is 1. The van der Waals surface area contributed by atoms with Gasteiger partial charge in [-0.1, -0.05) is 29.3 Å². The lowest BCUT2D eigenvalue weighted by Crippen LogP contribution is -2.20. The number of hydrogen-bond donors (Lipinski definition) is 1. The summed E-state index contributed by atoms with van der Waals surface area (Å²) >= 11 is 12.3. The third kappa shape index (κ3) is 3.93. The molecule has 24 heavy (non-hydrogen) atoms. The zero-order chi connectivity index (χ0) is 17.1. The van der Waals surface area contributed by atoms with Gasteiger partial charge >= 0.3 is 0 Å². The van der Waals surface area contributed by atoms with E-state index in [9.17, 15) is 4.79 Å². The molecule has 0 aliphatic carbocycles. The second-order valence-corrected chi connectivity index (χ2v) is 6.04. The minimum atomic E-state index is -0.258. The summed E-state index contributed by atoms with van der Waals surface area (Å²) in [6.45, 7) is 2.36. The predicted octanol–water partition coefficient (Wildman–Crippen LogP) is 2.78. The highest BCUT2D eigenvalue weighted by molar-refractivity contribution is 6.35. The van der Waals surface area contributed by atoms with Crippen molar-refractivity contribution in [2.75, 3.05) is 5.32 Å². The van der Waals surface area contributed by atoms with Crippen LogP contribution in [0.1, 0.15) is 11.1 Å². The minimum Gasteiger partial charge on any atom is -0.292 e. The number of anilines is 1. The number of aromatic nitrogens is 5. The third-order valence-corrected chi connectivity index (χ3v) is 3.95. The van der Waals surface area contributed by atoms with Crippen LogP contribution in [0.15, 0.2) is 36.9 Å². The molecule has 0 bridgehead atoms. The van der Waals surface area contributed by atoms with E-state index in [1.54, 1.807) is 40.0 Å². The molecular weight excluding hydrogens is 351 g/mol. The first-order valence-electron chi connectivity index (χ1n) is 7.12. The van der Waals surface area contributed by atoms with Crippen LogP contribution in [-0.2, 0) is 17.9 Å². The fourth-order valence-corrected chi connectivity index (χ4v) is 2.66. The van der Waals surface area contributed by atoms with E-state index in [1.807, 2.05) is 6.92 Å². The fraction of sp³-hybridized carbons (Fsp3) is 0.200. The van der Waals surface area contributed by atoms with E-state index >= 15 is 0 Å². The number of nitrogens with zero attached hydrogens (tertiary/aromatic N) is 5. The van der Waals surface area contributed by atoms with Gasteiger partial charge in [0.1, 0.15) is 12.9 Å². The van der Waals surface area contributed by atoms with E-state index < -0.39 is 0 Å². The van der Waals surface area contributed by atoms with Crippen LogP contribution in [0.4, 0.5) is 5.95 Å². The van der Waals surface area contributed by atoms with E-state index in [4.69, 9.17) is 23.2 Å². The lowest BCUT2D eigenvalue weighted by molar-refractivity contribution is -0.116. The van der Waals surface area contributed by atoms with Crippen LogP contribution in [0.5, 0.6) is 0 Å². The van der Waals surface area contributed by atoms with Crippen LogP contribution in [0, 0.1) is 6.92 Å². The molecule has 0 radical (unpaired) electrons. The van der Waals surface area contributed by atoms with Gasteiger partial charge in [0.15, 0.2) is 0 Å². The van der Waals surface area contributed by atoms with Gasteiger partial charge in [-0.15, -0.1) is 5.10 Å². The molecule has 0 atom stereocenters. The molecule has 1 amide bonds. The molecule has 0 unspecified atom stereocenters. The van der Waals surface area contributed by atoms with Gasteiger partial charge in [-0.05, 0) is 24.6 Å². The molecule has 3 aromatic rings. The minimum absolute atomic E-state index is 0.0960. The third-order valence-electron chi connectivity index (χ3n) is 3.24. The average molecular weight is 365 g/mol. The van der Waals surface area contributed by atoms with Gasteiger partial charge in [-0.3, -0.25) is 14.8 Å². The molecule has 0 saturated heterocycles. The molecule has 7 nitrogen and oxygen atoms in total. The Kier molecular flexibility index (Phi) is 4.82. The van der Waals surface area contributed by atoms with Crippen molar-refractivity contribution in [3.05, 3.63) is 58.1 Å². The zero-order valence-electron chi connectivity index (χ0n) is 12.8. The summed E-state index contributed by atoms with van der Waals surface area (Å²) in [6, 6.07) is 5.29. The zero-order valence-corrected chi connectivity index (χ0v) is 14.3. The summed E-state index contributed by atoms with van der Waals surface area (Å²) in [5.41, 5.74) is 1.73. The van der Waals surface area contributed by atoms with Gasteiger partial charge in [-0.2, -0.15) is 5.10 Å². The summed E-state index contributed by atoms with van der Waals surface area (Å²) < 4.78 is 3.10. The number of halogens is 2. The quantitative estimate of drug-likeness (QED) is 0.754. The van der Waals surface area contributed by atoms with Crippen LogP contribution in [0.3, 0.4) is 0 Å². The SMILES string of the molecule is Cc1cnn(CC(=O)Nc2ncn(Cc3c(Cl)cccc3Cl)n2)c1. The predicted molar refractivity (Wildman–Crippen MR) is 91.2 cm³/mol. The molecule has 2 aromatic heterocycles. The standard InChI is InChI=1S/C15H14Cl2N6O/c1-10-5-19-22(6-10)8-14(24)20-15-18-9-23(21-15)7-11-12(16)3-2-4-13(11)17/h2-6,9H,7-8H2,1H3,(H,20,21,24). The summed E-state index contributed by atoms with van der Waals surface area (Å²) in [5, 5.41) is 12.0. The van der Waals surface area contributed by atoms with Gasteiger partial charge in [0, 0.05) is 21.8 Å². The Morgan fingerprint density at radius 2 is 2.00 bits per heavy atom. The van der Waals surface area contributed by atoms with Crippen molar-refractivity contribution >= 4 is 35.1 Å². The van der Waals surface area contributed by atoms with Crippen LogP contribution < -0.4 is 5.32 Å². The summed E-state index contributed by atoms with van der Waals surface area (Å²) in [5.74, 6) is -0.0429. The van der Waals surface area contributed by atoms with E-state index in [1.165, 1.54) is 6.33 Å². The Bertz CT molecular complexity index is 852. The highest BCUT2D eigenvalue weighted by atomic mass is 35.5. The largest absolute Gasteiger partial charge is 0.292 e. The van der Waals surface area contributed by atoms with E-state index in [0.29, 0.717) is 16.6 Å². The lowest BCUT2D eigenvalue weighted by Gasteiger charge is -2.06. The number of carbonyl (C=O) groups excluding carboxylic acids is 1. The fourth-order valence-electron chi connectivity index (χ4n) is 2.14. The molecule has 0 aliphatic rings.